The fourth-order valence-electron chi connectivity index (χ4n) is 3.39. The zero-order valence-corrected chi connectivity index (χ0v) is 17.9. The van der Waals surface area contributed by atoms with Crippen LogP contribution in [0.2, 0.25) is 0 Å². The number of pyridine rings is 1. The largest absolute Gasteiger partial charge is 0.497 e. The van der Waals surface area contributed by atoms with Gasteiger partial charge in [-0.05, 0) is 47.5 Å². The van der Waals surface area contributed by atoms with Gasteiger partial charge in [-0.15, -0.1) is 0 Å². The van der Waals surface area contributed by atoms with Crippen molar-refractivity contribution in [2.75, 3.05) is 18.7 Å². The normalized spacial score (nSPS) is 11.4. The summed E-state index contributed by atoms with van der Waals surface area (Å²) in [6.07, 6.45) is 3.01. The van der Waals surface area contributed by atoms with Crippen molar-refractivity contribution >= 4 is 32.5 Å². The van der Waals surface area contributed by atoms with Crippen molar-refractivity contribution in [2.24, 2.45) is 0 Å². The van der Waals surface area contributed by atoms with Crippen LogP contribution in [0.15, 0.2) is 71.8 Å². The smallest absolute Gasteiger partial charge is 0.230 e. The van der Waals surface area contributed by atoms with Crippen LogP contribution < -0.4 is 10.1 Å². The highest BCUT2D eigenvalue weighted by Gasteiger charge is 2.13. The second kappa shape index (κ2) is 8.23. The van der Waals surface area contributed by atoms with Gasteiger partial charge in [0.2, 0.25) is 5.91 Å². The predicted octanol–water partition coefficient (Wildman–Crippen LogP) is 3.82. The zero-order valence-electron chi connectivity index (χ0n) is 17.0. The number of rotatable bonds is 6. The lowest BCUT2D eigenvalue weighted by Crippen LogP contribution is -2.14. The first-order valence-electron chi connectivity index (χ1n) is 9.54. The molecule has 0 saturated heterocycles. The molecule has 0 saturated carbocycles. The molecule has 0 bridgehead atoms. The summed E-state index contributed by atoms with van der Waals surface area (Å²) >= 11 is 0. The van der Waals surface area contributed by atoms with Gasteiger partial charge in [0, 0.05) is 35.3 Å². The fourth-order valence-corrected chi connectivity index (χ4v) is 4.02. The van der Waals surface area contributed by atoms with E-state index in [-0.39, 0.29) is 17.2 Å². The minimum atomic E-state index is -3.25. The Kier molecular flexibility index (Phi) is 5.48. The molecule has 0 spiro atoms. The van der Waals surface area contributed by atoms with Crippen LogP contribution >= 0.6 is 0 Å². The Balaban J connectivity index is 1.58. The van der Waals surface area contributed by atoms with Crippen molar-refractivity contribution in [1.82, 2.24) is 9.97 Å². The molecular weight excluding hydrogens is 414 g/mol. The highest BCUT2D eigenvalue weighted by Crippen LogP contribution is 2.29. The molecule has 0 unspecified atom stereocenters. The minimum absolute atomic E-state index is 0.153. The van der Waals surface area contributed by atoms with E-state index < -0.39 is 9.84 Å². The summed E-state index contributed by atoms with van der Waals surface area (Å²) in [4.78, 5) is 20.3. The number of nitrogens with one attached hydrogen (secondary N) is 2. The number of aromatic nitrogens is 2. The van der Waals surface area contributed by atoms with Crippen LogP contribution in [-0.4, -0.2) is 37.7 Å². The molecule has 4 rings (SSSR count). The molecule has 0 atom stereocenters. The first-order valence-corrected chi connectivity index (χ1v) is 11.4. The Labute approximate surface area is 180 Å². The molecule has 31 heavy (non-hydrogen) atoms. The summed E-state index contributed by atoms with van der Waals surface area (Å²) in [7, 11) is -1.68. The van der Waals surface area contributed by atoms with Crippen LogP contribution in [-0.2, 0) is 21.1 Å². The minimum Gasteiger partial charge on any atom is -0.497 e. The highest BCUT2D eigenvalue weighted by molar-refractivity contribution is 7.90. The molecule has 2 aromatic heterocycles. The van der Waals surface area contributed by atoms with Gasteiger partial charge in [-0.1, -0.05) is 18.2 Å². The van der Waals surface area contributed by atoms with Crippen LogP contribution in [0.25, 0.3) is 22.2 Å². The number of carbonyl (C=O) groups is 1. The molecule has 0 radical (unpaired) electrons. The molecule has 2 aromatic carbocycles. The van der Waals surface area contributed by atoms with Gasteiger partial charge < -0.3 is 15.0 Å². The molecule has 0 aliphatic rings. The topological polar surface area (TPSA) is 101 Å². The summed E-state index contributed by atoms with van der Waals surface area (Å²) in [5, 5.41) is 3.72. The molecule has 0 fully saturated rings. The van der Waals surface area contributed by atoms with Crippen LogP contribution in [0.1, 0.15) is 5.69 Å². The van der Waals surface area contributed by atoms with Gasteiger partial charge in [0.25, 0.3) is 0 Å². The van der Waals surface area contributed by atoms with Crippen LogP contribution in [0, 0.1) is 0 Å². The van der Waals surface area contributed by atoms with E-state index in [9.17, 15) is 13.2 Å². The quantitative estimate of drug-likeness (QED) is 0.479. The SMILES string of the molecule is COc1cccc(NC(=O)Cc2cc3c(-c4ccc(S(C)(=O)=O)cc4)ccnc3[nH]2)c1. The van der Waals surface area contributed by atoms with Crippen LogP contribution in [0.4, 0.5) is 5.69 Å². The van der Waals surface area contributed by atoms with E-state index >= 15 is 0 Å². The molecule has 0 aliphatic carbocycles. The fraction of sp³-hybridized carbons (Fsp3) is 0.130. The Morgan fingerprint density at radius 1 is 1.10 bits per heavy atom. The van der Waals surface area contributed by atoms with E-state index in [1.54, 1.807) is 49.7 Å². The lowest BCUT2D eigenvalue weighted by molar-refractivity contribution is -0.115. The number of ether oxygens (including phenoxy) is 1. The number of anilines is 1. The molecule has 1 amide bonds. The van der Waals surface area contributed by atoms with Crippen molar-refractivity contribution in [3.63, 3.8) is 0 Å². The third kappa shape index (κ3) is 4.59. The number of H-pyrrole nitrogens is 1. The lowest BCUT2D eigenvalue weighted by atomic mass is 10.0. The summed E-state index contributed by atoms with van der Waals surface area (Å²) in [6, 6.07) is 17.7. The average molecular weight is 436 g/mol. The standard InChI is InChI=1S/C23H21N3O4S/c1-30-18-5-3-4-16(12-18)25-22(27)14-17-13-21-20(10-11-24-23(21)26-17)15-6-8-19(9-7-15)31(2,28)29/h3-13H,14H2,1-2H3,(H,24,26)(H,25,27). The van der Waals surface area contributed by atoms with Crippen molar-refractivity contribution < 1.29 is 17.9 Å². The number of amides is 1. The number of nitrogens with zero attached hydrogens (tertiary/aromatic N) is 1. The van der Waals surface area contributed by atoms with Crippen molar-refractivity contribution in [2.45, 2.75) is 11.3 Å². The van der Waals surface area contributed by atoms with Gasteiger partial charge in [0.15, 0.2) is 9.84 Å². The maximum absolute atomic E-state index is 12.5. The van der Waals surface area contributed by atoms with Gasteiger partial charge in [-0.25, -0.2) is 13.4 Å². The number of hydrogen-bond donors (Lipinski definition) is 2. The zero-order chi connectivity index (χ0) is 22.0. The second-order valence-electron chi connectivity index (χ2n) is 7.17. The molecule has 2 N–H and O–H groups in total. The Bertz CT molecular complexity index is 1360. The van der Waals surface area contributed by atoms with E-state index in [0.717, 1.165) is 22.2 Å². The predicted molar refractivity (Wildman–Crippen MR) is 120 cm³/mol. The Morgan fingerprint density at radius 3 is 2.58 bits per heavy atom. The highest BCUT2D eigenvalue weighted by atomic mass is 32.2. The van der Waals surface area contributed by atoms with E-state index in [1.165, 1.54) is 6.26 Å². The van der Waals surface area contributed by atoms with E-state index in [1.807, 2.05) is 24.3 Å². The molecule has 0 aliphatic heterocycles. The van der Waals surface area contributed by atoms with Gasteiger partial charge in [0.1, 0.15) is 11.4 Å². The van der Waals surface area contributed by atoms with Crippen LogP contribution in [0.5, 0.6) is 5.75 Å². The first-order chi connectivity index (χ1) is 14.8. The number of aromatic amines is 1. The maximum atomic E-state index is 12.5. The van der Waals surface area contributed by atoms with E-state index in [4.69, 9.17) is 4.74 Å². The molecule has 158 valence electrons. The van der Waals surface area contributed by atoms with E-state index in [0.29, 0.717) is 17.1 Å². The van der Waals surface area contributed by atoms with Crippen molar-refractivity contribution in [3.8, 4) is 16.9 Å². The second-order valence-corrected chi connectivity index (χ2v) is 9.18. The van der Waals surface area contributed by atoms with E-state index in [2.05, 4.69) is 15.3 Å². The van der Waals surface area contributed by atoms with Gasteiger partial charge in [-0.3, -0.25) is 4.79 Å². The van der Waals surface area contributed by atoms with Gasteiger partial charge in [-0.2, -0.15) is 0 Å². The molecule has 8 heteroatoms. The molecule has 4 aromatic rings. The Morgan fingerprint density at radius 2 is 1.87 bits per heavy atom. The monoisotopic (exact) mass is 435 g/mol. The molecule has 7 nitrogen and oxygen atoms in total. The van der Waals surface area contributed by atoms with Crippen molar-refractivity contribution in [3.05, 3.63) is 72.6 Å². The number of methoxy groups -OCH3 is 1. The summed E-state index contributed by atoms with van der Waals surface area (Å²) in [5.74, 6) is 0.498. The number of sulfone groups is 1. The number of hydrogen-bond acceptors (Lipinski definition) is 5. The molecule has 2 heterocycles. The third-order valence-electron chi connectivity index (χ3n) is 4.89. The molecular formula is C23H21N3O4S. The Hall–Kier alpha value is -3.65. The van der Waals surface area contributed by atoms with Gasteiger partial charge in [0.05, 0.1) is 18.4 Å². The van der Waals surface area contributed by atoms with Crippen LogP contribution in [0.3, 0.4) is 0 Å². The summed E-state index contributed by atoms with van der Waals surface area (Å²) in [6.45, 7) is 0. The third-order valence-corrected chi connectivity index (χ3v) is 6.01. The number of benzene rings is 2. The average Bonchev–Trinajstić information content (AvgIpc) is 3.15. The number of fused-ring (bicyclic) bond motifs is 1. The lowest BCUT2D eigenvalue weighted by Gasteiger charge is -2.06. The van der Waals surface area contributed by atoms with Gasteiger partial charge >= 0.3 is 0 Å². The summed E-state index contributed by atoms with van der Waals surface area (Å²) in [5.41, 5.74) is 3.81. The first kappa shape index (κ1) is 20.6. The maximum Gasteiger partial charge on any atom is 0.230 e. The summed E-state index contributed by atoms with van der Waals surface area (Å²) < 4.78 is 28.6. The van der Waals surface area contributed by atoms with Crippen molar-refractivity contribution in [1.29, 1.82) is 0 Å². The number of carbonyl (C=O) groups excluding carboxylic acids is 1.